The zero-order valence-electron chi connectivity index (χ0n) is 11.0. The maximum atomic E-state index is 9.19. The van der Waals surface area contributed by atoms with Crippen molar-refractivity contribution in [3.05, 3.63) is 54.1 Å². The van der Waals surface area contributed by atoms with Gasteiger partial charge in [-0.05, 0) is 47.4 Å². The minimum Gasteiger partial charge on any atom is -0.508 e. The Morgan fingerprint density at radius 3 is 1.67 bits per heavy atom. The van der Waals surface area contributed by atoms with Crippen LogP contribution in [-0.4, -0.2) is 5.11 Å². The van der Waals surface area contributed by atoms with Crippen molar-refractivity contribution in [2.75, 3.05) is 0 Å². The van der Waals surface area contributed by atoms with E-state index in [1.54, 1.807) is 24.3 Å². The van der Waals surface area contributed by atoms with Crippen molar-refractivity contribution in [1.82, 2.24) is 0 Å². The predicted molar refractivity (Wildman–Crippen MR) is 73.3 cm³/mol. The Bertz CT molecular complexity index is 504. The zero-order valence-corrected chi connectivity index (χ0v) is 11.0. The molecule has 0 fully saturated rings. The second-order valence-corrected chi connectivity index (χ2v) is 5.37. The Labute approximate surface area is 108 Å². The van der Waals surface area contributed by atoms with Gasteiger partial charge in [0.1, 0.15) is 17.2 Å². The van der Waals surface area contributed by atoms with Crippen molar-refractivity contribution >= 4 is 0 Å². The van der Waals surface area contributed by atoms with Crippen LogP contribution in [0.4, 0.5) is 0 Å². The Kier molecular flexibility index (Phi) is 3.28. The molecule has 2 rings (SSSR count). The molecule has 0 radical (unpaired) electrons. The normalized spacial score (nSPS) is 11.3. The van der Waals surface area contributed by atoms with Gasteiger partial charge in [0, 0.05) is 0 Å². The van der Waals surface area contributed by atoms with E-state index in [0.717, 1.165) is 11.5 Å². The van der Waals surface area contributed by atoms with E-state index < -0.39 is 0 Å². The molecule has 0 saturated carbocycles. The number of aromatic hydroxyl groups is 1. The van der Waals surface area contributed by atoms with Crippen LogP contribution in [0.3, 0.4) is 0 Å². The number of ether oxygens (including phenoxy) is 1. The second-order valence-electron chi connectivity index (χ2n) is 5.37. The smallest absolute Gasteiger partial charge is 0.127 e. The molecular formula is C16H18O2. The topological polar surface area (TPSA) is 29.5 Å². The summed E-state index contributed by atoms with van der Waals surface area (Å²) in [5, 5.41) is 9.19. The first-order valence-corrected chi connectivity index (χ1v) is 6.02. The molecule has 2 nitrogen and oxygen atoms in total. The lowest BCUT2D eigenvalue weighted by Crippen LogP contribution is -2.10. The summed E-state index contributed by atoms with van der Waals surface area (Å²) in [5.41, 5.74) is 1.43. The zero-order chi connectivity index (χ0) is 13.2. The Morgan fingerprint density at radius 1 is 0.778 bits per heavy atom. The summed E-state index contributed by atoms with van der Waals surface area (Å²) in [4.78, 5) is 0. The van der Waals surface area contributed by atoms with Crippen LogP contribution in [0, 0.1) is 0 Å². The van der Waals surface area contributed by atoms with Crippen LogP contribution >= 0.6 is 0 Å². The molecule has 2 aromatic carbocycles. The van der Waals surface area contributed by atoms with Crippen molar-refractivity contribution in [3.63, 3.8) is 0 Å². The fraction of sp³-hybridized carbons (Fsp3) is 0.250. The Hall–Kier alpha value is -1.96. The molecule has 0 aromatic heterocycles. The summed E-state index contributed by atoms with van der Waals surface area (Å²) in [6.07, 6.45) is 0. The van der Waals surface area contributed by atoms with Crippen molar-refractivity contribution < 1.29 is 9.84 Å². The van der Waals surface area contributed by atoms with Crippen LogP contribution in [0.1, 0.15) is 26.3 Å². The van der Waals surface area contributed by atoms with Crippen LogP contribution in [0.25, 0.3) is 0 Å². The lowest BCUT2D eigenvalue weighted by molar-refractivity contribution is 0.464. The first-order valence-electron chi connectivity index (χ1n) is 6.02. The number of phenolic OH excluding ortho intramolecular Hbond substituents is 1. The summed E-state index contributed by atoms with van der Waals surface area (Å²) in [6.45, 7) is 6.55. The largest absolute Gasteiger partial charge is 0.508 e. The van der Waals surface area contributed by atoms with Crippen LogP contribution in [0.15, 0.2) is 48.5 Å². The Morgan fingerprint density at radius 2 is 1.22 bits per heavy atom. The van der Waals surface area contributed by atoms with E-state index in [1.807, 2.05) is 12.1 Å². The molecule has 0 aliphatic rings. The molecule has 0 amide bonds. The summed E-state index contributed by atoms with van der Waals surface area (Å²) in [7, 11) is 0. The highest BCUT2D eigenvalue weighted by Crippen LogP contribution is 2.27. The minimum atomic E-state index is 0.150. The van der Waals surface area contributed by atoms with Crippen molar-refractivity contribution in [2.24, 2.45) is 0 Å². The third kappa shape index (κ3) is 3.04. The third-order valence-corrected chi connectivity index (χ3v) is 2.79. The fourth-order valence-corrected chi connectivity index (χ4v) is 1.67. The van der Waals surface area contributed by atoms with E-state index in [9.17, 15) is 5.11 Å². The highest BCUT2D eigenvalue weighted by Gasteiger charge is 2.12. The van der Waals surface area contributed by atoms with Crippen molar-refractivity contribution in [2.45, 2.75) is 26.2 Å². The fourth-order valence-electron chi connectivity index (χ4n) is 1.67. The average Bonchev–Trinajstić information content (AvgIpc) is 2.32. The van der Waals surface area contributed by atoms with E-state index >= 15 is 0 Å². The second kappa shape index (κ2) is 4.73. The van der Waals surface area contributed by atoms with E-state index in [-0.39, 0.29) is 11.2 Å². The predicted octanol–water partition coefficient (Wildman–Crippen LogP) is 4.48. The summed E-state index contributed by atoms with van der Waals surface area (Å²) >= 11 is 0. The summed E-state index contributed by atoms with van der Waals surface area (Å²) in [5.74, 6) is 1.76. The van der Waals surface area contributed by atoms with E-state index in [2.05, 4.69) is 32.9 Å². The van der Waals surface area contributed by atoms with Gasteiger partial charge in [-0.25, -0.2) is 0 Å². The van der Waals surface area contributed by atoms with Gasteiger partial charge in [0.25, 0.3) is 0 Å². The maximum Gasteiger partial charge on any atom is 0.127 e. The van der Waals surface area contributed by atoms with Gasteiger partial charge in [0.05, 0.1) is 0 Å². The monoisotopic (exact) mass is 242 g/mol. The maximum absolute atomic E-state index is 9.19. The summed E-state index contributed by atoms with van der Waals surface area (Å²) < 4.78 is 5.69. The molecule has 0 spiro atoms. The van der Waals surface area contributed by atoms with Gasteiger partial charge in [0.2, 0.25) is 0 Å². The van der Waals surface area contributed by atoms with Crippen LogP contribution < -0.4 is 4.74 Å². The molecule has 2 aromatic rings. The number of rotatable bonds is 2. The van der Waals surface area contributed by atoms with Gasteiger partial charge in [-0.2, -0.15) is 0 Å². The van der Waals surface area contributed by atoms with Crippen LogP contribution in [0.5, 0.6) is 17.2 Å². The molecule has 0 atom stereocenters. The number of phenols is 1. The lowest BCUT2D eigenvalue weighted by atomic mass is 9.87. The van der Waals surface area contributed by atoms with Crippen LogP contribution in [0.2, 0.25) is 0 Å². The lowest BCUT2D eigenvalue weighted by Gasteiger charge is -2.19. The van der Waals surface area contributed by atoms with E-state index in [0.29, 0.717) is 0 Å². The first kappa shape index (κ1) is 12.5. The molecule has 18 heavy (non-hydrogen) atoms. The van der Waals surface area contributed by atoms with E-state index in [4.69, 9.17) is 4.74 Å². The molecule has 0 heterocycles. The molecule has 0 bridgehead atoms. The molecule has 1 N–H and O–H groups in total. The number of hydrogen-bond donors (Lipinski definition) is 1. The molecule has 2 heteroatoms. The highest BCUT2D eigenvalue weighted by atomic mass is 16.5. The van der Waals surface area contributed by atoms with Crippen LogP contribution in [-0.2, 0) is 5.41 Å². The Balaban J connectivity index is 2.13. The SMILES string of the molecule is CC(C)(C)c1ccc(Oc2ccc(O)cc2)cc1. The minimum absolute atomic E-state index is 0.150. The molecular weight excluding hydrogens is 224 g/mol. The van der Waals surface area contributed by atoms with Gasteiger partial charge < -0.3 is 9.84 Å². The average molecular weight is 242 g/mol. The first-order chi connectivity index (χ1) is 8.45. The molecule has 0 saturated heterocycles. The van der Waals surface area contributed by atoms with Gasteiger partial charge >= 0.3 is 0 Å². The molecule has 0 aliphatic carbocycles. The van der Waals surface area contributed by atoms with E-state index in [1.165, 1.54) is 5.56 Å². The van der Waals surface area contributed by atoms with Crippen molar-refractivity contribution in [3.8, 4) is 17.2 Å². The molecule has 0 unspecified atom stereocenters. The molecule has 94 valence electrons. The highest BCUT2D eigenvalue weighted by molar-refractivity contribution is 5.37. The molecule has 0 aliphatic heterocycles. The third-order valence-electron chi connectivity index (χ3n) is 2.79. The number of hydrogen-bond acceptors (Lipinski definition) is 2. The van der Waals surface area contributed by atoms with Crippen molar-refractivity contribution in [1.29, 1.82) is 0 Å². The van der Waals surface area contributed by atoms with Gasteiger partial charge in [-0.3, -0.25) is 0 Å². The van der Waals surface area contributed by atoms with Gasteiger partial charge in [0.15, 0.2) is 0 Å². The standard InChI is InChI=1S/C16H18O2/c1-16(2,3)12-4-8-14(9-5-12)18-15-10-6-13(17)7-11-15/h4-11,17H,1-3H3. The summed E-state index contributed by atoms with van der Waals surface area (Å²) in [6, 6.07) is 14.8. The van der Waals surface area contributed by atoms with Gasteiger partial charge in [-0.1, -0.05) is 32.9 Å². The van der Waals surface area contributed by atoms with Gasteiger partial charge in [-0.15, -0.1) is 0 Å². The number of benzene rings is 2. The quantitative estimate of drug-likeness (QED) is 0.841.